The van der Waals surface area contributed by atoms with Crippen LogP contribution in [0.5, 0.6) is 0 Å². The van der Waals surface area contributed by atoms with Gasteiger partial charge in [0.25, 0.3) is 0 Å². The molecule has 1 aromatic carbocycles. The van der Waals surface area contributed by atoms with Crippen LogP contribution < -0.4 is 5.30 Å². The highest BCUT2D eigenvalue weighted by molar-refractivity contribution is 9.10. The first-order valence-electron chi connectivity index (χ1n) is 2.40. The average molecular weight is 223 g/mol. The predicted octanol–water partition coefficient (Wildman–Crippen LogP) is 2.60. The quantitative estimate of drug-likeness (QED) is 0.593. The number of hydrogen-bond acceptors (Lipinski definition) is 0. The van der Waals surface area contributed by atoms with E-state index < -0.39 is 0 Å². The molecule has 0 nitrogen and oxygen atoms in total. The summed E-state index contributed by atoms with van der Waals surface area (Å²) in [6.45, 7) is 0. The normalized spacial score (nSPS) is 9.67. The van der Waals surface area contributed by atoms with E-state index >= 15 is 0 Å². The Morgan fingerprint density at radius 1 is 1.44 bits per heavy atom. The Balaban J connectivity index is 3.17. The van der Waals surface area contributed by atoms with Gasteiger partial charge in [-0.1, -0.05) is 17.7 Å². The second-order valence-corrected chi connectivity index (χ2v) is 3.60. The van der Waals surface area contributed by atoms with Crippen LogP contribution in [0.2, 0.25) is 5.02 Å². The minimum absolute atomic E-state index is 0.752. The van der Waals surface area contributed by atoms with E-state index in [1.54, 1.807) is 0 Å². The average Bonchev–Trinajstić information content (AvgIpc) is 1.80. The Morgan fingerprint density at radius 3 is 2.56 bits per heavy atom. The van der Waals surface area contributed by atoms with Gasteiger partial charge < -0.3 is 0 Å². The molecule has 0 radical (unpaired) electrons. The monoisotopic (exact) mass is 222 g/mol. The van der Waals surface area contributed by atoms with Crippen LogP contribution in [0.1, 0.15) is 0 Å². The zero-order valence-corrected chi connectivity index (χ0v) is 8.06. The van der Waals surface area contributed by atoms with E-state index in [9.17, 15) is 0 Å². The Kier molecular flexibility index (Phi) is 2.51. The third-order valence-corrected chi connectivity index (χ3v) is 2.54. The molecule has 0 saturated carbocycles. The summed E-state index contributed by atoms with van der Waals surface area (Å²) in [5.74, 6) is 0. The molecule has 0 saturated heterocycles. The van der Waals surface area contributed by atoms with Crippen molar-refractivity contribution in [3.05, 3.63) is 27.7 Å². The van der Waals surface area contributed by atoms with Gasteiger partial charge in [0.1, 0.15) is 0 Å². The first-order chi connectivity index (χ1) is 4.20. The van der Waals surface area contributed by atoms with E-state index in [0.29, 0.717) is 0 Å². The van der Waals surface area contributed by atoms with Crippen molar-refractivity contribution in [3.63, 3.8) is 0 Å². The van der Waals surface area contributed by atoms with E-state index in [0.717, 1.165) is 14.8 Å². The van der Waals surface area contributed by atoms with E-state index in [4.69, 9.17) is 11.6 Å². The molecular formula is C6H5BrClP. The summed E-state index contributed by atoms with van der Waals surface area (Å²) in [5, 5.41) is 1.85. The number of rotatable bonds is 0. The molecule has 1 aromatic rings. The maximum atomic E-state index is 5.75. The molecule has 0 heterocycles. The molecule has 0 spiro atoms. The van der Waals surface area contributed by atoms with Crippen LogP contribution in [-0.2, 0) is 0 Å². The fraction of sp³-hybridized carbons (Fsp3) is 0. The third-order valence-electron chi connectivity index (χ3n) is 0.944. The van der Waals surface area contributed by atoms with E-state index in [1.165, 1.54) is 0 Å². The number of hydrogen-bond donors (Lipinski definition) is 0. The highest BCUT2D eigenvalue weighted by atomic mass is 79.9. The largest absolute Gasteiger partial charge is 0.106 e. The van der Waals surface area contributed by atoms with E-state index in [2.05, 4.69) is 25.2 Å². The maximum Gasteiger partial charge on any atom is 0.0554 e. The first kappa shape index (κ1) is 7.53. The highest BCUT2D eigenvalue weighted by Crippen LogP contribution is 2.20. The summed E-state index contributed by atoms with van der Waals surface area (Å²) < 4.78 is 0.940. The van der Waals surface area contributed by atoms with Crippen molar-refractivity contribution in [2.45, 2.75) is 0 Å². The van der Waals surface area contributed by atoms with Crippen LogP contribution in [0.15, 0.2) is 22.7 Å². The molecule has 0 aliphatic rings. The SMILES string of the molecule is Pc1ccc(Br)c(Cl)c1. The Labute approximate surface area is 69.9 Å². The third kappa shape index (κ3) is 1.93. The summed E-state index contributed by atoms with van der Waals surface area (Å²) in [6.07, 6.45) is 0. The minimum Gasteiger partial charge on any atom is -0.106 e. The molecule has 1 unspecified atom stereocenters. The van der Waals surface area contributed by atoms with Crippen molar-refractivity contribution < 1.29 is 0 Å². The molecular weight excluding hydrogens is 218 g/mol. The fourth-order valence-electron chi connectivity index (χ4n) is 0.512. The summed E-state index contributed by atoms with van der Waals surface area (Å²) in [6, 6.07) is 5.78. The van der Waals surface area contributed by atoms with Crippen molar-refractivity contribution in [1.82, 2.24) is 0 Å². The molecule has 0 amide bonds. The van der Waals surface area contributed by atoms with Gasteiger partial charge >= 0.3 is 0 Å². The summed E-state index contributed by atoms with van der Waals surface area (Å²) in [5.41, 5.74) is 0. The molecule has 1 atom stereocenters. The second-order valence-electron chi connectivity index (χ2n) is 1.67. The Bertz CT molecular complexity index is 224. The molecule has 3 heteroatoms. The van der Waals surface area contributed by atoms with Gasteiger partial charge in [-0.25, -0.2) is 0 Å². The van der Waals surface area contributed by atoms with Gasteiger partial charge in [0.15, 0.2) is 0 Å². The topological polar surface area (TPSA) is 0 Å². The zero-order chi connectivity index (χ0) is 6.85. The van der Waals surface area contributed by atoms with Crippen molar-refractivity contribution in [3.8, 4) is 0 Å². The van der Waals surface area contributed by atoms with Crippen LogP contribution in [0.25, 0.3) is 0 Å². The Hall–Kier alpha value is 0.420. The fourth-order valence-corrected chi connectivity index (χ4v) is 1.32. The van der Waals surface area contributed by atoms with Gasteiger partial charge in [0.05, 0.1) is 5.02 Å². The maximum absolute atomic E-state index is 5.75. The lowest BCUT2D eigenvalue weighted by Crippen LogP contribution is -1.86. The second kappa shape index (κ2) is 3.01. The Morgan fingerprint density at radius 2 is 2.11 bits per heavy atom. The van der Waals surface area contributed by atoms with Gasteiger partial charge in [-0.3, -0.25) is 0 Å². The van der Waals surface area contributed by atoms with Gasteiger partial charge in [0.2, 0.25) is 0 Å². The smallest absolute Gasteiger partial charge is 0.0554 e. The molecule has 48 valence electrons. The van der Waals surface area contributed by atoms with Crippen LogP contribution >= 0.6 is 36.8 Å². The van der Waals surface area contributed by atoms with Gasteiger partial charge in [0, 0.05) is 4.47 Å². The molecule has 0 aliphatic heterocycles. The summed E-state index contributed by atoms with van der Waals surface area (Å²) in [4.78, 5) is 0. The van der Waals surface area contributed by atoms with Crippen LogP contribution in [0, 0.1) is 0 Å². The van der Waals surface area contributed by atoms with Gasteiger partial charge in [-0.2, -0.15) is 0 Å². The highest BCUT2D eigenvalue weighted by Gasteiger charge is 1.93. The predicted molar refractivity (Wildman–Crippen MR) is 48.5 cm³/mol. The van der Waals surface area contributed by atoms with Crippen molar-refractivity contribution in [1.29, 1.82) is 0 Å². The molecule has 1 rings (SSSR count). The molecule has 0 fully saturated rings. The van der Waals surface area contributed by atoms with Crippen LogP contribution in [0.4, 0.5) is 0 Å². The van der Waals surface area contributed by atoms with E-state index in [-0.39, 0.29) is 0 Å². The van der Waals surface area contributed by atoms with Crippen molar-refractivity contribution >= 4 is 42.1 Å². The first-order valence-corrected chi connectivity index (χ1v) is 4.15. The van der Waals surface area contributed by atoms with Gasteiger partial charge in [-0.05, 0) is 33.4 Å². The van der Waals surface area contributed by atoms with Gasteiger partial charge in [-0.15, -0.1) is 9.24 Å². The number of benzene rings is 1. The lowest BCUT2D eigenvalue weighted by Gasteiger charge is -1.94. The molecule has 0 bridgehead atoms. The molecule has 0 aliphatic carbocycles. The molecule has 0 aromatic heterocycles. The zero-order valence-electron chi connectivity index (χ0n) is 4.57. The molecule has 9 heavy (non-hydrogen) atoms. The molecule has 0 N–H and O–H groups in total. The van der Waals surface area contributed by atoms with E-state index in [1.807, 2.05) is 18.2 Å². The van der Waals surface area contributed by atoms with Crippen molar-refractivity contribution in [2.75, 3.05) is 0 Å². The minimum atomic E-state index is 0.752. The van der Waals surface area contributed by atoms with Crippen LogP contribution in [-0.4, -0.2) is 0 Å². The summed E-state index contributed by atoms with van der Waals surface area (Å²) in [7, 11) is 2.58. The summed E-state index contributed by atoms with van der Waals surface area (Å²) >= 11 is 9.04. The van der Waals surface area contributed by atoms with Crippen LogP contribution in [0.3, 0.4) is 0 Å². The lowest BCUT2D eigenvalue weighted by atomic mass is 10.4. The standard InChI is InChI=1S/C6H5BrClP/c7-5-2-1-4(9)3-6(5)8/h1-3H,9H2. The van der Waals surface area contributed by atoms with Crippen molar-refractivity contribution in [2.24, 2.45) is 0 Å². The number of halogens is 2. The lowest BCUT2D eigenvalue weighted by molar-refractivity contribution is 1.70.